The number of rotatable bonds is 5. The molecule has 5 heteroatoms. The summed E-state index contributed by atoms with van der Waals surface area (Å²) < 4.78 is 6.59. The van der Waals surface area contributed by atoms with Gasteiger partial charge < -0.3 is 15.0 Å². The van der Waals surface area contributed by atoms with Gasteiger partial charge in [0.05, 0.1) is 17.5 Å². The normalized spacial score (nSPS) is 18.1. The summed E-state index contributed by atoms with van der Waals surface area (Å²) in [5.74, 6) is 0.926. The van der Waals surface area contributed by atoms with Crippen molar-refractivity contribution in [3.8, 4) is 5.75 Å². The monoisotopic (exact) mass is 340 g/mol. The largest absolute Gasteiger partial charge is 0.492 e. The summed E-state index contributed by atoms with van der Waals surface area (Å²) in [6.45, 7) is 4.33. The van der Waals surface area contributed by atoms with Crippen molar-refractivity contribution in [1.82, 2.24) is 10.2 Å². The number of carbonyl (C=O) groups is 1. The maximum absolute atomic E-state index is 12.1. The fraction of sp³-hybridized carbons (Fsp3) is 0.533. The molecule has 0 aliphatic carbocycles. The Kier molecular flexibility index (Phi) is 5.43. The molecule has 1 fully saturated rings. The highest BCUT2D eigenvalue weighted by molar-refractivity contribution is 9.10. The Bertz CT molecular complexity index is 473. The number of benzene rings is 1. The Morgan fingerprint density at radius 1 is 1.55 bits per heavy atom. The summed E-state index contributed by atoms with van der Waals surface area (Å²) in [5.41, 5.74) is 1.17. The molecule has 1 aromatic carbocycles. The van der Waals surface area contributed by atoms with E-state index in [4.69, 9.17) is 4.74 Å². The number of hydrogen-bond acceptors (Lipinski definition) is 3. The van der Waals surface area contributed by atoms with E-state index < -0.39 is 0 Å². The lowest BCUT2D eigenvalue weighted by Gasteiger charge is -2.23. The van der Waals surface area contributed by atoms with Gasteiger partial charge >= 0.3 is 0 Å². The van der Waals surface area contributed by atoms with Crippen molar-refractivity contribution >= 4 is 21.8 Å². The molecule has 0 radical (unpaired) electrons. The molecule has 0 bridgehead atoms. The number of amides is 1. The summed E-state index contributed by atoms with van der Waals surface area (Å²) in [6, 6.07) is 6.26. The van der Waals surface area contributed by atoms with Gasteiger partial charge in [-0.3, -0.25) is 4.79 Å². The van der Waals surface area contributed by atoms with Crippen molar-refractivity contribution in [2.24, 2.45) is 0 Å². The maximum atomic E-state index is 12.1. The molecule has 1 saturated heterocycles. The van der Waals surface area contributed by atoms with E-state index in [1.807, 2.05) is 37.1 Å². The van der Waals surface area contributed by atoms with Crippen molar-refractivity contribution in [2.75, 3.05) is 26.7 Å². The highest BCUT2D eigenvalue weighted by Gasteiger charge is 2.22. The van der Waals surface area contributed by atoms with Crippen molar-refractivity contribution in [3.05, 3.63) is 28.2 Å². The molecule has 1 atom stereocenters. The third-order valence-corrected chi connectivity index (χ3v) is 4.26. The van der Waals surface area contributed by atoms with Crippen LogP contribution >= 0.6 is 15.9 Å². The van der Waals surface area contributed by atoms with E-state index in [0.29, 0.717) is 19.1 Å². The topological polar surface area (TPSA) is 41.6 Å². The van der Waals surface area contributed by atoms with Crippen molar-refractivity contribution < 1.29 is 9.53 Å². The van der Waals surface area contributed by atoms with Gasteiger partial charge in [0.15, 0.2) is 0 Å². The molecule has 1 unspecified atom stereocenters. The number of nitrogens with zero attached hydrogens (tertiary/aromatic N) is 1. The number of likely N-dealkylation sites (N-methyl/N-ethyl adjacent to an activating group) is 1. The fourth-order valence-electron chi connectivity index (χ4n) is 2.32. The van der Waals surface area contributed by atoms with E-state index in [2.05, 4.69) is 21.2 Å². The number of nitrogens with one attached hydrogen (secondary N) is 1. The van der Waals surface area contributed by atoms with E-state index in [1.165, 1.54) is 5.56 Å². The zero-order chi connectivity index (χ0) is 14.5. The lowest BCUT2D eigenvalue weighted by Crippen LogP contribution is -2.38. The highest BCUT2D eigenvalue weighted by Crippen LogP contribution is 2.25. The van der Waals surface area contributed by atoms with E-state index >= 15 is 0 Å². The van der Waals surface area contributed by atoms with Crippen LogP contribution in [0.5, 0.6) is 5.75 Å². The third-order valence-electron chi connectivity index (χ3n) is 3.64. The lowest BCUT2D eigenvalue weighted by atomic mass is 10.2. The van der Waals surface area contributed by atoms with Crippen molar-refractivity contribution in [1.29, 1.82) is 0 Å². The van der Waals surface area contributed by atoms with E-state index in [0.717, 1.165) is 29.7 Å². The van der Waals surface area contributed by atoms with Gasteiger partial charge in [-0.2, -0.15) is 0 Å². The smallest absolute Gasteiger partial charge is 0.226 e. The molecule has 2 rings (SSSR count). The Balaban J connectivity index is 1.78. The summed E-state index contributed by atoms with van der Waals surface area (Å²) >= 11 is 3.47. The number of ether oxygens (including phenoxy) is 1. The van der Waals surface area contributed by atoms with Gasteiger partial charge in [-0.25, -0.2) is 0 Å². The minimum atomic E-state index is 0.141. The second-order valence-corrected chi connectivity index (χ2v) is 6.04. The summed E-state index contributed by atoms with van der Waals surface area (Å²) in [5, 5.41) is 3.27. The van der Waals surface area contributed by atoms with Gasteiger partial charge in [0.2, 0.25) is 5.91 Å². The average Bonchev–Trinajstić information content (AvgIpc) is 2.94. The molecule has 0 spiro atoms. The van der Waals surface area contributed by atoms with Crippen LogP contribution in [0.15, 0.2) is 22.7 Å². The third kappa shape index (κ3) is 3.96. The fourth-order valence-corrected chi connectivity index (χ4v) is 2.93. The molecule has 1 aliphatic rings. The highest BCUT2D eigenvalue weighted by atomic mass is 79.9. The molecule has 1 N–H and O–H groups in total. The van der Waals surface area contributed by atoms with Crippen LogP contribution in [0, 0.1) is 6.92 Å². The van der Waals surface area contributed by atoms with Crippen LogP contribution in [0.3, 0.4) is 0 Å². The Morgan fingerprint density at radius 2 is 2.35 bits per heavy atom. The van der Waals surface area contributed by atoms with Crippen LogP contribution in [0.2, 0.25) is 0 Å². The number of halogens is 1. The van der Waals surface area contributed by atoms with Crippen LogP contribution in [0.4, 0.5) is 0 Å². The van der Waals surface area contributed by atoms with Crippen molar-refractivity contribution in [3.63, 3.8) is 0 Å². The minimum Gasteiger partial charge on any atom is -0.492 e. The van der Waals surface area contributed by atoms with Crippen LogP contribution < -0.4 is 10.1 Å². The molecular formula is C15H21BrN2O2. The first-order valence-electron chi connectivity index (χ1n) is 6.93. The van der Waals surface area contributed by atoms with Gasteiger partial charge in [0.1, 0.15) is 5.75 Å². The molecule has 110 valence electrons. The molecule has 1 heterocycles. The molecule has 20 heavy (non-hydrogen) atoms. The maximum Gasteiger partial charge on any atom is 0.226 e. The number of aryl methyl sites for hydroxylation is 1. The molecule has 0 aromatic heterocycles. The van der Waals surface area contributed by atoms with Crippen LogP contribution in [0.1, 0.15) is 18.4 Å². The first-order chi connectivity index (χ1) is 9.58. The predicted molar refractivity (Wildman–Crippen MR) is 83.0 cm³/mol. The van der Waals surface area contributed by atoms with E-state index in [-0.39, 0.29) is 5.91 Å². The van der Waals surface area contributed by atoms with Crippen LogP contribution in [-0.2, 0) is 4.79 Å². The summed E-state index contributed by atoms with van der Waals surface area (Å²) in [6.07, 6.45) is 1.44. The first-order valence-corrected chi connectivity index (χ1v) is 7.72. The van der Waals surface area contributed by atoms with Gasteiger partial charge in [0.25, 0.3) is 0 Å². The molecular weight excluding hydrogens is 320 g/mol. The Morgan fingerprint density at radius 3 is 3.00 bits per heavy atom. The standard InChI is InChI=1S/C15H21BrN2O2/c1-11-3-4-14(13(16)9-11)20-8-6-15(19)18(2)12-5-7-17-10-12/h3-4,9,12,17H,5-8,10H2,1-2H3. The second-order valence-electron chi connectivity index (χ2n) is 5.18. The van der Waals surface area contributed by atoms with E-state index in [9.17, 15) is 4.79 Å². The summed E-state index contributed by atoms with van der Waals surface area (Å²) in [7, 11) is 1.88. The van der Waals surface area contributed by atoms with Gasteiger partial charge in [0, 0.05) is 19.6 Å². The zero-order valence-corrected chi connectivity index (χ0v) is 13.6. The Labute approximate surface area is 128 Å². The molecule has 1 aromatic rings. The number of hydrogen-bond donors (Lipinski definition) is 1. The van der Waals surface area contributed by atoms with Crippen LogP contribution in [-0.4, -0.2) is 43.6 Å². The quantitative estimate of drug-likeness (QED) is 0.894. The SMILES string of the molecule is Cc1ccc(OCCC(=O)N(C)C2CCNC2)c(Br)c1. The Hall–Kier alpha value is -1.07. The van der Waals surface area contributed by atoms with Crippen LogP contribution in [0.25, 0.3) is 0 Å². The molecule has 1 amide bonds. The van der Waals surface area contributed by atoms with E-state index in [1.54, 1.807) is 0 Å². The lowest BCUT2D eigenvalue weighted by molar-refractivity contribution is -0.132. The predicted octanol–water partition coefficient (Wildman–Crippen LogP) is 2.35. The zero-order valence-electron chi connectivity index (χ0n) is 12.0. The second kappa shape index (κ2) is 7.09. The first kappa shape index (κ1) is 15.3. The summed E-state index contributed by atoms with van der Waals surface area (Å²) in [4.78, 5) is 13.9. The average molecular weight is 341 g/mol. The van der Waals surface area contributed by atoms with Crippen molar-refractivity contribution in [2.45, 2.75) is 25.8 Å². The molecule has 1 aliphatic heterocycles. The van der Waals surface area contributed by atoms with Gasteiger partial charge in [-0.1, -0.05) is 6.07 Å². The number of carbonyl (C=O) groups excluding carboxylic acids is 1. The molecule has 0 saturated carbocycles. The van der Waals surface area contributed by atoms with Gasteiger partial charge in [-0.05, 0) is 53.5 Å². The molecule has 4 nitrogen and oxygen atoms in total. The minimum absolute atomic E-state index is 0.141. The van der Waals surface area contributed by atoms with Gasteiger partial charge in [-0.15, -0.1) is 0 Å².